The van der Waals surface area contributed by atoms with Crippen LogP contribution in [0.25, 0.3) is 11.5 Å². The third-order valence-corrected chi connectivity index (χ3v) is 1.84. The van der Waals surface area contributed by atoms with Crippen molar-refractivity contribution in [2.75, 3.05) is 5.73 Å². The Kier molecular flexibility index (Phi) is 2.09. The van der Waals surface area contributed by atoms with E-state index < -0.39 is 5.82 Å². The van der Waals surface area contributed by atoms with Crippen molar-refractivity contribution >= 4 is 17.6 Å². The number of hydrogen-bond acceptors (Lipinski definition) is 4. The van der Waals surface area contributed by atoms with Gasteiger partial charge in [-0.1, -0.05) is 16.7 Å². The van der Waals surface area contributed by atoms with Gasteiger partial charge in [0.1, 0.15) is 5.82 Å². The SMILES string of the molecule is Nc1nnc(-c2ccc(Cl)cc2F)o1. The van der Waals surface area contributed by atoms with Gasteiger partial charge >= 0.3 is 6.01 Å². The molecule has 0 aliphatic rings. The maximum absolute atomic E-state index is 13.3. The predicted octanol–water partition coefficient (Wildman–Crippen LogP) is 2.11. The number of hydrogen-bond donors (Lipinski definition) is 1. The van der Waals surface area contributed by atoms with E-state index in [4.69, 9.17) is 21.8 Å². The zero-order valence-corrected chi connectivity index (χ0v) is 7.62. The van der Waals surface area contributed by atoms with Gasteiger partial charge in [0.15, 0.2) is 0 Å². The second-order valence-electron chi connectivity index (χ2n) is 2.57. The molecule has 14 heavy (non-hydrogen) atoms. The van der Waals surface area contributed by atoms with Crippen LogP contribution in [0.4, 0.5) is 10.4 Å². The van der Waals surface area contributed by atoms with E-state index in [1.165, 1.54) is 12.1 Å². The summed E-state index contributed by atoms with van der Waals surface area (Å²) in [5, 5.41) is 7.27. The van der Waals surface area contributed by atoms with Crippen LogP contribution in [0.15, 0.2) is 22.6 Å². The first-order chi connectivity index (χ1) is 6.66. The Morgan fingerprint density at radius 3 is 2.71 bits per heavy atom. The molecule has 0 spiro atoms. The van der Waals surface area contributed by atoms with Crippen molar-refractivity contribution < 1.29 is 8.81 Å². The second-order valence-corrected chi connectivity index (χ2v) is 3.01. The average molecular weight is 214 g/mol. The standard InChI is InChI=1S/C8H5ClFN3O/c9-4-1-2-5(6(10)3-4)7-12-13-8(11)14-7/h1-3H,(H2,11,13). The van der Waals surface area contributed by atoms with E-state index in [0.717, 1.165) is 6.07 Å². The first-order valence-corrected chi connectivity index (χ1v) is 4.09. The lowest BCUT2D eigenvalue weighted by Gasteiger charge is -1.96. The number of halogens is 2. The first-order valence-electron chi connectivity index (χ1n) is 3.71. The van der Waals surface area contributed by atoms with Crippen LogP contribution in [0, 0.1) is 5.82 Å². The van der Waals surface area contributed by atoms with Crippen LogP contribution in [0.2, 0.25) is 5.02 Å². The van der Waals surface area contributed by atoms with Crippen molar-refractivity contribution in [2.45, 2.75) is 0 Å². The van der Waals surface area contributed by atoms with Crippen molar-refractivity contribution in [2.24, 2.45) is 0 Å². The van der Waals surface area contributed by atoms with E-state index in [-0.39, 0.29) is 17.5 Å². The van der Waals surface area contributed by atoms with Gasteiger partial charge in [-0.25, -0.2) is 4.39 Å². The van der Waals surface area contributed by atoms with Gasteiger partial charge in [-0.2, -0.15) is 0 Å². The Morgan fingerprint density at radius 2 is 2.14 bits per heavy atom. The van der Waals surface area contributed by atoms with Gasteiger partial charge in [-0.3, -0.25) is 0 Å². The molecule has 0 amide bonds. The van der Waals surface area contributed by atoms with Crippen LogP contribution in [0.5, 0.6) is 0 Å². The predicted molar refractivity (Wildman–Crippen MR) is 49.1 cm³/mol. The Hall–Kier alpha value is -1.62. The van der Waals surface area contributed by atoms with E-state index in [0.29, 0.717) is 5.02 Å². The molecule has 0 atom stereocenters. The second kappa shape index (κ2) is 3.26. The molecule has 2 aromatic rings. The maximum Gasteiger partial charge on any atom is 0.313 e. The molecule has 0 unspecified atom stereocenters. The van der Waals surface area contributed by atoms with Crippen LogP contribution >= 0.6 is 11.6 Å². The summed E-state index contributed by atoms with van der Waals surface area (Å²) in [5.41, 5.74) is 5.39. The molecular formula is C8H5ClFN3O. The highest BCUT2D eigenvalue weighted by atomic mass is 35.5. The molecule has 0 radical (unpaired) electrons. The Bertz CT molecular complexity index is 471. The molecule has 0 saturated heterocycles. The number of nitrogens with zero attached hydrogens (tertiary/aromatic N) is 2. The summed E-state index contributed by atoms with van der Waals surface area (Å²) < 4.78 is 18.2. The summed E-state index contributed by atoms with van der Waals surface area (Å²) in [6, 6.07) is 4.04. The van der Waals surface area contributed by atoms with Crippen LogP contribution < -0.4 is 5.73 Å². The van der Waals surface area contributed by atoms with E-state index in [1.54, 1.807) is 0 Å². The van der Waals surface area contributed by atoms with E-state index in [1.807, 2.05) is 0 Å². The van der Waals surface area contributed by atoms with Crippen LogP contribution in [-0.2, 0) is 0 Å². The fourth-order valence-electron chi connectivity index (χ4n) is 1.01. The largest absolute Gasteiger partial charge is 0.403 e. The zero-order valence-electron chi connectivity index (χ0n) is 6.87. The molecule has 2 rings (SSSR count). The third-order valence-electron chi connectivity index (χ3n) is 1.60. The molecule has 1 aromatic carbocycles. The molecule has 2 N–H and O–H groups in total. The topological polar surface area (TPSA) is 64.9 Å². The highest BCUT2D eigenvalue weighted by Crippen LogP contribution is 2.24. The maximum atomic E-state index is 13.3. The number of rotatable bonds is 1. The van der Waals surface area contributed by atoms with Crippen LogP contribution in [0.3, 0.4) is 0 Å². The zero-order chi connectivity index (χ0) is 10.1. The van der Waals surface area contributed by atoms with Crippen molar-refractivity contribution in [1.29, 1.82) is 0 Å². The molecule has 4 nitrogen and oxygen atoms in total. The highest BCUT2D eigenvalue weighted by Gasteiger charge is 2.11. The van der Waals surface area contributed by atoms with Crippen molar-refractivity contribution in [3.63, 3.8) is 0 Å². The summed E-state index contributed by atoms with van der Waals surface area (Å²) in [6.07, 6.45) is 0. The number of nitrogen functional groups attached to an aromatic ring is 1. The smallest absolute Gasteiger partial charge is 0.313 e. The van der Waals surface area contributed by atoms with Crippen LogP contribution in [0.1, 0.15) is 0 Å². The first kappa shape index (κ1) is 8.96. The Labute approximate surface area is 83.5 Å². The Balaban J connectivity index is 2.52. The summed E-state index contributed by atoms with van der Waals surface area (Å²) in [4.78, 5) is 0. The number of aromatic nitrogens is 2. The summed E-state index contributed by atoms with van der Waals surface area (Å²) in [5.74, 6) is -0.488. The minimum absolute atomic E-state index is 0.0386. The lowest BCUT2D eigenvalue weighted by atomic mass is 10.2. The lowest BCUT2D eigenvalue weighted by molar-refractivity contribution is 0.575. The summed E-state index contributed by atoms with van der Waals surface area (Å²) >= 11 is 5.58. The monoisotopic (exact) mass is 213 g/mol. The molecule has 6 heteroatoms. The Morgan fingerprint density at radius 1 is 1.36 bits per heavy atom. The molecule has 1 aromatic heterocycles. The normalized spacial score (nSPS) is 10.4. The molecule has 0 aliphatic carbocycles. The molecule has 0 aliphatic heterocycles. The molecule has 0 saturated carbocycles. The van der Waals surface area contributed by atoms with Crippen molar-refractivity contribution in [3.05, 3.63) is 29.0 Å². The number of anilines is 1. The van der Waals surface area contributed by atoms with Crippen molar-refractivity contribution in [1.82, 2.24) is 10.2 Å². The fourth-order valence-corrected chi connectivity index (χ4v) is 1.17. The molecule has 1 heterocycles. The quantitative estimate of drug-likeness (QED) is 0.788. The molecule has 72 valence electrons. The third kappa shape index (κ3) is 1.54. The van der Waals surface area contributed by atoms with Gasteiger partial charge in [0, 0.05) is 5.02 Å². The van der Waals surface area contributed by atoms with Crippen molar-refractivity contribution in [3.8, 4) is 11.5 Å². The van der Waals surface area contributed by atoms with E-state index in [2.05, 4.69) is 10.2 Å². The lowest BCUT2D eigenvalue weighted by Crippen LogP contribution is -1.84. The van der Waals surface area contributed by atoms with Gasteiger partial charge in [-0.15, -0.1) is 5.10 Å². The number of benzene rings is 1. The highest BCUT2D eigenvalue weighted by molar-refractivity contribution is 6.30. The molecule has 0 fully saturated rings. The van der Waals surface area contributed by atoms with Gasteiger partial charge in [0.05, 0.1) is 5.56 Å². The van der Waals surface area contributed by atoms with Gasteiger partial charge < -0.3 is 10.2 Å². The summed E-state index contributed by atoms with van der Waals surface area (Å²) in [6.45, 7) is 0. The van der Waals surface area contributed by atoms with Crippen LogP contribution in [-0.4, -0.2) is 10.2 Å². The van der Waals surface area contributed by atoms with Gasteiger partial charge in [0.25, 0.3) is 5.89 Å². The molecule has 0 bridgehead atoms. The number of nitrogens with two attached hydrogens (primary N) is 1. The van der Waals surface area contributed by atoms with E-state index in [9.17, 15) is 4.39 Å². The average Bonchev–Trinajstić information content (AvgIpc) is 2.51. The minimum Gasteiger partial charge on any atom is -0.403 e. The summed E-state index contributed by atoms with van der Waals surface area (Å²) in [7, 11) is 0. The fraction of sp³-hybridized carbons (Fsp3) is 0. The van der Waals surface area contributed by atoms with Gasteiger partial charge in [-0.05, 0) is 18.2 Å². The minimum atomic E-state index is -0.527. The molecular weight excluding hydrogens is 209 g/mol. The van der Waals surface area contributed by atoms with E-state index >= 15 is 0 Å². The van der Waals surface area contributed by atoms with Gasteiger partial charge in [0.2, 0.25) is 0 Å².